The monoisotopic (exact) mass is 578 g/mol. The van der Waals surface area contributed by atoms with Gasteiger partial charge in [0.25, 0.3) is 0 Å². The van der Waals surface area contributed by atoms with Gasteiger partial charge in [-0.25, -0.2) is 4.21 Å². The van der Waals surface area contributed by atoms with Crippen molar-refractivity contribution in [1.29, 1.82) is 0 Å². The minimum atomic E-state index is -2.06. The fraction of sp³-hybridized carbons (Fsp3) is 0.630. The summed E-state index contributed by atoms with van der Waals surface area (Å²) in [5.41, 5.74) is -3.10. The van der Waals surface area contributed by atoms with E-state index in [9.17, 15) is 34.2 Å². The van der Waals surface area contributed by atoms with Crippen LogP contribution in [-0.4, -0.2) is 90.5 Å². The summed E-state index contributed by atoms with van der Waals surface area (Å²) in [6.45, 7) is 4.90. The molecule has 2 bridgehead atoms. The minimum Gasteiger partial charge on any atom is -0.507 e. The highest BCUT2D eigenvalue weighted by Crippen LogP contribution is 2.57. The van der Waals surface area contributed by atoms with E-state index in [4.69, 9.17) is 23.1 Å². The van der Waals surface area contributed by atoms with Crippen molar-refractivity contribution in [2.75, 3.05) is 5.75 Å². The molecule has 0 saturated carbocycles. The van der Waals surface area contributed by atoms with Crippen LogP contribution in [0.15, 0.2) is 11.1 Å². The Morgan fingerprint density at radius 1 is 0.975 bits per heavy atom. The van der Waals surface area contributed by atoms with Gasteiger partial charge in [0.1, 0.15) is 29.3 Å². The molecule has 13 heteroatoms. The molecule has 0 spiro atoms. The predicted molar refractivity (Wildman–Crippen MR) is 134 cm³/mol. The van der Waals surface area contributed by atoms with Gasteiger partial charge in [0, 0.05) is 35.1 Å². The van der Waals surface area contributed by atoms with Gasteiger partial charge in [-0.15, -0.1) is 0 Å². The lowest BCUT2D eigenvalue weighted by Gasteiger charge is -2.54. The highest BCUT2D eigenvalue weighted by Gasteiger charge is 2.64. The van der Waals surface area contributed by atoms with Crippen molar-refractivity contribution in [3.05, 3.63) is 33.4 Å². The zero-order chi connectivity index (χ0) is 28.4. The van der Waals surface area contributed by atoms with Gasteiger partial charge in [0.05, 0.1) is 53.5 Å². The molecule has 12 nitrogen and oxygen atoms in total. The van der Waals surface area contributed by atoms with Crippen molar-refractivity contribution >= 4 is 22.6 Å². The number of Topliss-reactive ketones (excluding diaryl/α,β-unsaturated/α-hetero) is 2. The number of hydrogen-bond acceptors (Lipinski definition) is 12. The van der Waals surface area contributed by atoms with E-state index in [1.54, 1.807) is 20.8 Å². The van der Waals surface area contributed by atoms with E-state index < -0.39 is 106 Å². The molecule has 8 rings (SSSR count). The average Bonchev–Trinajstić information content (AvgIpc) is 3.26. The molecule has 2 aliphatic carbocycles. The molecule has 7 aliphatic rings. The standard InChI is InChI=1S/C27H30O12S/c1-8-11(28)4-5-15(36-8)38-14-6-12-17-21(27(14,33)10(3)37-12)25(32)19-18(23(17)30)24(31)20-16(22(19)29)9(2)35-13-7-40(34)39-26(13)20/h8-15,26,28-29,31,33H,4-7H2,1-3H3. The smallest absolute Gasteiger partial charge is 0.197 e. The third kappa shape index (κ3) is 3.40. The number of phenols is 2. The Bertz CT molecular complexity index is 1400. The van der Waals surface area contributed by atoms with Crippen molar-refractivity contribution in [3.63, 3.8) is 0 Å². The Morgan fingerprint density at radius 2 is 1.68 bits per heavy atom. The quantitative estimate of drug-likeness (QED) is 0.369. The molecule has 1 aromatic carbocycles. The van der Waals surface area contributed by atoms with E-state index in [1.807, 2.05) is 0 Å². The van der Waals surface area contributed by atoms with Crippen LogP contribution in [-0.2, 0) is 34.2 Å². The first-order valence-corrected chi connectivity index (χ1v) is 14.7. The molecule has 40 heavy (non-hydrogen) atoms. The molecule has 3 saturated heterocycles. The normalized spacial score (nSPS) is 43.8. The highest BCUT2D eigenvalue weighted by molar-refractivity contribution is 7.80. The predicted octanol–water partition coefficient (Wildman–Crippen LogP) is 1.16. The fourth-order valence-corrected chi connectivity index (χ4v) is 8.24. The van der Waals surface area contributed by atoms with Crippen molar-refractivity contribution < 1.29 is 57.4 Å². The van der Waals surface area contributed by atoms with Gasteiger partial charge in [0.2, 0.25) is 0 Å². The second-order valence-corrected chi connectivity index (χ2v) is 12.5. The number of rotatable bonds is 2. The van der Waals surface area contributed by atoms with Crippen LogP contribution in [0.25, 0.3) is 0 Å². The van der Waals surface area contributed by atoms with Crippen LogP contribution in [0.5, 0.6) is 11.5 Å². The highest BCUT2D eigenvalue weighted by atomic mass is 32.2. The van der Waals surface area contributed by atoms with Gasteiger partial charge in [-0.3, -0.25) is 13.8 Å². The first-order chi connectivity index (χ1) is 18.9. The number of aliphatic hydroxyl groups is 2. The topological polar surface area (TPSA) is 178 Å². The van der Waals surface area contributed by atoms with Crippen molar-refractivity contribution in [2.45, 2.75) is 101 Å². The third-order valence-corrected chi connectivity index (χ3v) is 10.2. The van der Waals surface area contributed by atoms with E-state index >= 15 is 0 Å². The first-order valence-electron chi connectivity index (χ1n) is 13.5. The van der Waals surface area contributed by atoms with Crippen LogP contribution in [0.1, 0.15) is 84.1 Å². The van der Waals surface area contributed by atoms with Crippen molar-refractivity contribution in [1.82, 2.24) is 0 Å². The van der Waals surface area contributed by atoms with E-state index in [2.05, 4.69) is 0 Å². The Balaban J connectivity index is 1.34. The zero-order valence-corrected chi connectivity index (χ0v) is 22.8. The largest absolute Gasteiger partial charge is 0.507 e. The van der Waals surface area contributed by atoms with Crippen molar-refractivity contribution in [2.24, 2.45) is 0 Å². The first kappa shape index (κ1) is 26.7. The van der Waals surface area contributed by atoms with E-state index in [-0.39, 0.29) is 34.4 Å². The minimum absolute atomic E-state index is 0.0418. The Morgan fingerprint density at radius 3 is 2.40 bits per heavy atom. The Labute approximate surface area is 231 Å². The summed E-state index contributed by atoms with van der Waals surface area (Å²) in [5.74, 6) is -2.63. The average molecular weight is 579 g/mol. The summed E-state index contributed by atoms with van der Waals surface area (Å²) >= 11 is -1.70. The van der Waals surface area contributed by atoms with Crippen LogP contribution in [0.3, 0.4) is 0 Å². The number of phenolic OH excluding ortho intramolecular Hbond substituents is 2. The molecule has 11 atom stereocenters. The third-order valence-electron chi connectivity index (χ3n) is 9.19. The van der Waals surface area contributed by atoms with E-state index in [0.717, 1.165) is 0 Å². The van der Waals surface area contributed by atoms with Crippen molar-refractivity contribution in [3.8, 4) is 11.5 Å². The molecule has 0 amide bonds. The number of aromatic hydroxyl groups is 2. The molecule has 216 valence electrons. The van der Waals surface area contributed by atoms with Crippen LogP contribution in [0.2, 0.25) is 0 Å². The lowest BCUT2D eigenvalue weighted by atomic mass is 9.63. The summed E-state index contributed by atoms with van der Waals surface area (Å²) in [7, 11) is 0. The number of hydrogen-bond donors (Lipinski definition) is 4. The second kappa shape index (κ2) is 8.88. The number of benzene rings is 1. The van der Waals surface area contributed by atoms with Crippen LogP contribution in [0.4, 0.5) is 0 Å². The maximum absolute atomic E-state index is 14.2. The van der Waals surface area contributed by atoms with Gasteiger partial charge in [-0.2, -0.15) is 0 Å². The summed E-state index contributed by atoms with van der Waals surface area (Å²) in [5, 5.41) is 45.0. The number of carbonyl (C=O) groups excluding carboxylic acids is 2. The molecule has 0 aromatic heterocycles. The Kier molecular flexibility index (Phi) is 5.92. The van der Waals surface area contributed by atoms with Gasteiger partial charge >= 0.3 is 0 Å². The molecule has 5 aliphatic heterocycles. The van der Waals surface area contributed by atoms with Gasteiger partial charge in [-0.05, 0) is 27.2 Å². The maximum Gasteiger partial charge on any atom is 0.197 e. The zero-order valence-electron chi connectivity index (χ0n) is 22.0. The molecule has 0 radical (unpaired) electrons. The fourth-order valence-electron chi connectivity index (χ4n) is 7.19. The number of aliphatic hydroxyl groups excluding tert-OH is 1. The number of ketones is 2. The number of fused-ring (bicyclic) bond motifs is 6. The van der Waals surface area contributed by atoms with Crippen LogP contribution < -0.4 is 0 Å². The lowest BCUT2D eigenvalue weighted by molar-refractivity contribution is -0.291. The molecule has 3 fully saturated rings. The van der Waals surface area contributed by atoms with E-state index in [0.29, 0.717) is 12.8 Å². The van der Waals surface area contributed by atoms with Crippen LogP contribution in [0, 0.1) is 0 Å². The van der Waals surface area contributed by atoms with Gasteiger partial charge < -0.3 is 39.4 Å². The van der Waals surface area contributed by atoms with Crippen LogP contribution >= 0.6 is 0 Å². The molecule has 11 unspecified atom stereocenters. The summed E-state index contributed by atoms with van der Waals surface area (Å²) in [6.07, 6.45) is -6.38. The maximum atomic E-state index is 14.2. The molecular formula is C27H30O12S. The SMILES string of the molecule is CC1OC2CS(=O)OC2c2c(O)c3c(c(O)c21)C(=O)C1=C(C3=O)C2CC(OC3CCC(O)C(C)O3)C1(O)C(C)O2. The van der Waals surface area contributed by atoms with Gasteiger partial charge in [0.15, 0.2) is 28.9 Å². The molecule has 4 N–H and O–H groups in total. The Hall–Kier alpha value is -2.23. The number of ether oxygens (including phenoxy) is 4. The lowest BCUT2D eigenvalue weighted by Crippen LogP contribution is -2.67. The molecule has 5 heterocycles. The van der Waals surface area contributed by atoms with Gasteiger partial charge in [-0.1, -0.05) is 0 Å². The molecule has 1 aromatic rings. The molecular weight excluding hydrogens is 548 g/mol. The summed E-state index contributed by atoms with van der Waals surface area (Å²) in [6, 6.07) is 0. The summed E-state index contributed by atoms with van der Waals surface area (Å²) in [4.78, 5) is 28.2. The summed E-state index contributed by atoms with van der Waals surface area (Å²) < 4.78 is 41.4. The van der Waals surface area contributed by atoms with E-state index in [1.165, 1.54) is 0 Å². The second-order valence-electron chi connectivity index (χ2n) is 11.4. The number of carbonyl (C=O) groups is 2.